The number of carboxylic acids is 1. The van der Waals surface area contributed by atoms with Crippen LogP contribution < -0.4 is 4.90 Å². The van der Waals surface area contributed by atoms with Crippen LogP contribution in [0.1, 0.15) is 31.7 Å². The molecule has 1 saturated heterocycles. The monoisotopic (exact) mass is 321 g/mol. The fraction of sp³-hybridized carbons (Fsp3) is 0.438. The smallest absolute Gasteiger partial charge is 0.303 e. The van der Waals surface area contributed by atoms with Crippen LogP contribution in [0.2, 0.25) is 0 Å². The SMILES string of the molecule is CC(=O)SC1CC(=O)N(c2ccc(CCCC(=O)O)cc2)C1. The van der Waals surface area contributed by atoms with Crippen molar-refractivity contribution in [2.24, 2.45) is 0 Å². The highest BCUT2D eigenvalue weighted by Gasteiger charge is 2.31. The van der Waals surface area contributed by atoms with Gasteiger partial charge in [0.2, 0.25) is 5.91 Å². The second-order valence-electron chi connectivity index (χ2n) is 5.35. The minimum Gasteiger partial charge on any atom is -0.481 e. The van der Waals surface area contributed by atoms with E-state index in [-0.39, 0.29) is 22.7 Å². The van der Waals surface area contributed by atoms with Gasteiger partial charge in [-0.1, -0.05) is 23.9 Å². The number of amides is 1. The summed E-state index contributed by atoms with van der Waals surface area (Å²) in [4.78, 5) is 35.4. The van der Waals surface area contributed by atoms with E-state index < -0.39 is 5.97 Å². The van der Waals surface area contributed by atoms with Crippen molar-refractivity contribution in [3.63, 3.8) is 0 Å². The number of carbonyl (C=O) groups is 3. The summed E-state index contributed by atoms with van der Waals surface area (Å²) in [6.45, 7) is 2.07. The van der Waals surface area contributed by atoms with E-state index in [0.29, 0.717) is 25.8 Å². The van der Waals surface area contributed by atoms with Crippen LogP contribution in [0.5, 0.6) is 0 Å². The molecule has 1 atom stereocenters. The van der Waals surface area contributed by atoms with Crippen molar-refractivity contribution in [2.75, 3.05) is 11.4 Å². The van der Waals surface area contributed by atoms with E-state index in [1.807, 2.05) is 24.3 Å². The van der Waals surface area contributed by atoms with Crippen molar-refractivity contribution in [2.45, 2.75) is 37.9 Å². The molecule has 1 unspecified atom stereocenters. The lowest BCUT2D eigenvalue weighted by molar-refractivity contribution is -0.137. The van der Waals surface area contributed by atoms with Crippen LogP contribution in [0.25, 0.3) is 0 Å². The number of thioether (sulfide) groups is 1. The summed E-state index contributed by atoms with van der Waals surface area (Å²) in [6, 6.07) is 7.62. The topological polar surface area (TPSA) is 74.7 Å². The van der Waals surface area contributed by atoms with Gasteiger partial charge in [0.15, 0.2) is 5.12 Å². The molecule has 0 radical (unpaired) electrons. The third kappa shape index (κ3) is 4.59. The van der Waals surface area contributed by atoms with Crippen LogP contribution in [0.15, 0.2) is 24.3 Å². The van der Waals surface area contributed by atoms with Crippen LogP contribution in [0.3, 0.4) is 0 Å². The summed E-state index contributed by atoms with van der Waals surface area (Å²) in [5.74, 6) is -0.745. The van der Waals surface area contributed by atoms with Crippen molar-refractivity contribution in [1.29, 1.82) is 0 Å². The molecule has 0 bridgehead atoms. The Kier molecular flexibility index (Phi) is 5.60. The summed E-state index contributed by atoms with van der Waals surface area (Å²) in [5.41, 5.74) is 1.89. The van der Waals surface area contributed by atoms with Gasteiger partial charge in [-0.2, -0.15) is 0 Å². The Bertz CT molecular complexity index is 570. The predicted molar refractivity (Wildman–Crippen MR) is 86.0 cm³/mol. The molecule has 1 heterocycles. The maximum Gasteiger partial charge on any atom is 0.303 e. The van der Waals surface area contributed by atoms with Gasteiger partial charge in [-0.15, -0.1) is 0 Å². The molecular weight excluding hydrogens is 302 g/mol. The van der Waals surface area contributed by atoms with Gasteiger partial charge in [-0.05, 0) is 30.5 Å². The number of hydrogen-bond acceptors (Lipinski definition) is 4. The second kappa shape index (κ2) is 7.45. The lowest BCUT2D eigenvalue weighted by Gasteiger charge is -2.16. The van der Waals surface area contributed by atoms with E-state index in [4.69, 9.17) is 5.11 Å². The van der Waals surface area contributed by atoms with E-state index in [1.54, 1.807) is 4.90 Å². The van der Waals surface area contributed by atoms with Crippen LogP contribution in [0.4, 0.5) is 5.69 Å². The van der Waals surface area contributed by atoms with Crippen LogP contribution in [0, 0.1) is 0 Å². The second-order valence-corrected chi connectivity index (χ2v) is 6.83. The van der Waals surface area contributed by atoms with Gasteiger partial charge in [0.1, 0.15) is 0 Å². The number of nitrogens with zero attached hydrogens (tertiary/aromatic N) is 1. The first-order valence-electron chi connectivity index (χ1n) is 7.24. The highest BCUT2D eigenvalue weighted by molar-refractivity contribution is 8.14. The molecule has 1 amide bonds. The zero-order chi connectivity index (χ0) is 16.1. The molecule has 1 fully saturated rings. The molecule has 118 valence electrons. The molecule has 2 rings (SSSR count). The Hall–Kier alpha value is -1.82. The number of aryl methyl sites for hydroxylation is 1. The summed E-state index contributed by atoms with van der Waals surface area (Å²) in [5, 5.41) is 8.69. The van der Waals surface area contributed by atoms with Gasteiger partial charge in [0.05, 0.1) is 0 Å². The molecule has 0 aromatic heterocycles. The summed E-state index contributed by atoms with van der Waals surface area (Å²) < 4.78 is 0. The number of hydrogen-bond donors (Lipinski definition) is 1. The molecule has 0 aliphatic carbocycles. The lowest BCUT2D eigenvalue weighted by Crippen LogP contribution is -2.24. The molecule has 1 N–H and O–H groups in total. The van der Waals surface area contributed by atoms with E-state index >= 15 is 0 Å². The molecule has 1 aliphatic heterocycles. The van der Waals surface area contributed by atoms with Gasteiger partial charge < -0.3 is 10.0 Å². The van der Waals surface area contributed by atoms with Gasteiger partial charge in [0.25, 0.3) is 0 Å². The largest absolute Gasteiger partial charge is 0.481 e. The van der Waals surface area contributed by atoms with Gasteiger partial charge in [-0.3, -0.25) is 14.4 Å². The molecule has 6 heteroatoms. The van der Waals surface area contributed by atoms with E-state index in [0.717, 1.165) is 11.3 Å². The number of rotatable bonds is 6. The third-order valence-corrected chi connectivity index (χ3v) is 4.51. The summed E-state index contributed by atoms with van der Waals surface area (Å²) in [6.07, 6.45) is 1.87. The van der Waals surface area contributed by atoms with Crippen molar-refractivity contribution in [3.8, 4) is 0 Å². The summed E-state index contributed by atoms with van der Waals surface area (Å²) in [7, 11) is 0. The minimum absolute atomic E-state index is 0.0280. The average molecular weight is 321 g/mol. The normalized spacial score (nSPS) is 17.8. The van der Waals surface area contributed by atoms with E-state index in [2.05, 4.69) is 0 Å². The molecule has 1 aliphatic rings. The van der Waals surface area contributed by atoms with Gasteiger partial charge >= 0.3 is 5.97 Å². The number of anilines is 1. The zero-order valence-corrected chi connectivity index (χ0v) is 13.3. The number of carboxylic acid groups (broad SMARTS) is 1. The van der Waals surface area contributed by atoms with Crippen LogP contribution in [-0.4, -0.2) is 33.9 Å². The minimum atomic E-state index is -0.784. The molecule has 22 heavy (non-hydrogen) atoms. The molecular formula is C16H19NO4S. The lowest BCUT2D eigenvalue weighted by atomic mass is 10.1. The van der Waals surface area contributed by atoms with Crippen molar-refractivity contribution in [3.05, 3.63) is 29.8 Å². The first-order chi connectivity index (χ1) is 10.5. The van der Waals surface area contributed by atoms with Gasteiger partial charge in [0, 0.05) is 37.2 Å². The number of benzene rings is 1. The molecule has 0 spiro atoms. The summed E-state index contributed by atoms with van der Waals surface area (Å²) >= 11 is 1.22. The average Bonchev–Trinajstić information content (AvgIpc) is 2.79. The Morgan fingerprint density at radius 3 is 2.59 bits per heavy atom. The van der Waals surface area contributed by atoms with Crippen molar-refractivity contribution < 1.29 is 19.5 Å². The fourth-order valence-corrected chi connectivity index (χ4v) is 3.44. The van der Waals surface area contributed by atoms with E-state index in [1.165, 1.54) is 18.7 Å². The van der Waals surface area contributed by atoms with Crippen molar-refractivity contribution >= 4 is 34.4 Å². The zero-order valence-electron chi connectivity index (χ0n) is 12.4. The Morgan fingerprint density at radius 1 is 1.32 bits per heavy atom. The maximum atomic E-state index is 12.0. The highest BCUT2D eigenvalue weighted by atomic mass is 32.2. The standard InChI is InChI=1S/C16H19NO4S/c1-11(18)22-14-9-15(19)17(10-14)13-7-5-12(6-8-13)3-2-4-16(20)21/h5-8,14H,2-4,9-10H2,1H3,(H,20,21). The Morgan fingerprint density at radius 2 is 2.00 bits per heavy atom. The molecule has 0 saturated carbocycles. The van der Waals surface area contributed by atoms with Crippen molar-refractivity contribution in [1.82, 2.24) is 0 Å². The number of carbonyl (C=O) groups excluding carboxylic acids is 2. The fourth-order valence-electron chi connectivity index (χ4n) is 2.52. The first-order valence-corrected chi connectivity index (χ1v) is 8.12. The Labute approximate surface area is 133 Å². The van der Waals surface area contributed by atoms with E-state index in [9.17, 15) is 14.4 Å². The number of aliphatic carboxylic acids is 1. The highest BCUT2D eigenvalue weighted by Crippen LogP contribution is 2.28. The Balaban J connectivity index is 1.94. The molecule has 1 aromatic carbocycles. The first kappa shape index (κ1) is 16.5. The molecule has 1 aromatic rings. The molecule has 5 nitrogen and oxygen atoms in total. The predicted octanol–water partition coefficient (Wildman–Crippen LogP) is 2.48. The third-order valence-electron chi connectivity index (χ3n) is 3.53. The van der Waals surface area contributed by atoms with Crippen LogP contribution in [-0.2, 0) is 20.8 Å². The van der Waals surface area contributed by atoms with Crippen LogP contribution >= 0.6 is 11.8 Å². The maximum absolute atomic E-state index is 12.0. The van der Waals surface area contributed by atoms with Gasteiger partial charge in [-0.25, -0.2) is 0 Å². The quantitative estimate of drug-likeness (QED) is 0.871.